The average Bonchev–Trinajstić information content (AvgIpc) is 2.30. The molecule has 0 atom stereocenters. The van der Waals surface area contributed by atoms with Gasteiger partial charge in [0.2, 0.25) is 0 Å². The lowest BCUT2D eigenvalue weighted by Gasteiger charge is -2.12. The molecule has 0 amide bonds. The van der Waals surface area contributed by atoms with Gasteiger partial charge in [0, 0.05) is 5.56 Å². The van der Waals surface area contributed by atoms with Crippen LogP contribution in [0.25, 0.3) is 10.9 Å². The van der Waals surface area contributed by atoms with E-state index in [4.69, 9.17) is 0 Å². The molecular weight excluding hydrogens is 276 g/mol. The van der Waals surface area contributed by atoms with Gasteiger partial charge >= 0.3 is 6.18 Å². The first-order valence-electron chi connectivity index (χ1n) is 4.92. The Kier molecular flexibility index (Phi) is 2.83. The Morgan fingerprint density at radius 3 is 2.21 bits per heavy atom. The first-order valence-corrected chi connectivity index (χ1v) is 4.92. The smallest absolute Gasteiger partial charge is 0.348 e. The summed E-state index contributed by atoms with van der Waals surface area (Å²) in [6.45, 7) is 0.861. The van der Waals surface area contributed by atoms with Crippen molar-refractivity contribution in [2.45, 2.75) is 13.1 Å². The molecule has 1 N–H and O–H groups in total. The van der Waals surface area contributed by atoms with Crippen molar-refractivity contribution in [3.63, 3.8) is 0 Å². The molecule has 0 unspecified atom stereocenters. The Labute approximate surface area is 101 Å². The Morgan fingerprint density at radius 1 is 1.11 bits per heavy atom. The Hall–Kier alpha value is -1.99. The second kappa shape index (κ2) is 4.01. The number of pyridine rings is 1. The van der Waals surface area contributed by atoms with Crippen LogP contribution in [0.3, 0.4) is 0 Å². The molecule has 0 aliphatic rings. The van der Waals surface area contributed by atoms with Crippen molar-refractivity contribution in [2.24, 2.45) is 0 Å². The fourth-order valence-corrected chi connectivity index (χ4v) is 1.71. The molecule has 2 rings (SSSR count). The Bertz CT molecular complexity index is 731. The first-order chi connectivity index (χ1) is 8.64. The zero-order chi connectivity index (χ0) is 14.5. The zero-order valence-electron chi connectivity index (χ0n) is 9.25. The minimum Gasteiger partial charge on any atom is -0.348 e. The summed E-state index contributed by atoms with van der Waals surface area (Å²) in [5.41, 5.74) is -4.46. The van der Waals surface area contributed by atoms with Gasteiger partial charge in [0.25, 0.3) is 0 Å². The summed E-state index contributed by atoms with van der Waals surface area (Å²) in [6.07, 6.45) is -4.94. The molecule has 1 aromatic heterocycles. The predicted octanol–water partition coefficient (Wildman–Crippen LogP) is 3.27. The zero-order valence-corrected chi connectivity index (χ0v) is 9.25. The highest BCUT2D eigenvalue weighted by Gasteiger charge is 2.35. The van der Waals surface area contributed by atoms with E-state index in [1.54, 1.807) is 4.98 Å². The lowest BCUT2D eigenvalue weighted by Crippen LogP contribution is -2.19. The van der Waals surface area contributed by atoms with Crippen LogP contribution in [0.2, 0.25) is 0 Å². The van der Waals surface area contributed by atoms with Crippen LogP contribution in [0.1, 0.15) is 11.3 Å². The van der Waals surface area contributed by atoms with Gasteiger partial charge in [-0.3, -0.25) is 4.79 Å². The van der Waals surface area contributed by atoms with Crippen molar-refractivity contribution < 1.29 is 26.3 Å². The van der Waals surface area contributed by atoms with Crippen LogP contribution in [-0.2, 0) is 6.18 Å². The summed E-state index contributed by atoms with van der Waals surface area (Å²) >= 11 is 0. The van der Waals surface area contributed by atoms with E-state index in [0.717, 1.165) is 6.92 Å². The monoisotopic (exact) mass is 281 g/mol. The average molecular weight is 281 g/mol. The maximum Gasteiger partial charge on any atom is 0.431 e. The fourth-order valence-electron chi connectivity index (χ4n) is 1.71. The van der Waals surface area contributed by atoms with Gasteiger partial charge in [-0.1, -0.05) is 0 Å². The molecule has 1 aromatic carbocycles. The van der Waals surface area contributed by atoms with Crippen LogP contribution in [0, 0.1) is 24.4 Å². The van der Waals surface area contributed by atoms with E-state index in [1.165, 1.54) is 0 Å². The van der Waals surface area contributed by atoms with E-state index in [-0.39, 0.29) is 0 Å². The van der Waals surface area contributed by atoms with Gasteiger partial charge in [0.05, 0.1) is 10.9 Å². The van der Waals surface area contributed by atoms with Crippen LogP contribution in [0.15, 0.2) is 10.9 Å². The number of alkyl halides is 3. The molecule has 0 fully saturated rings. The number of rotatable bonds is 0. The van der Waals surface area contributed by atoms with Gasteiger partial charge in [-0.25, -0.2) is 13.2 Å². The molecule has 2 nitrogen and oxygen atoms in total. The topological polar surface area (TPSA) is 32.9 Å². The summed E-state index contributed by atoms with van der Waals surface area (Å²) < 4.78 is 77.1. The summed E-state index contributed by atoms with van der Waals surface area (Å²) in [6, 6.07) is 0.361. The van der Waals surface area contributed by atoms with E-state index < -0.39 is 51.2 Å². The number of halogens is 6. The highest BCUT2D eigenvalue weighted by molar-refractivity contribution is 5.80. The third-order valence-electron chi connectivity index (χ3n) is 2.66. The number of benzene rings is 1. The second-order valence-electron chi connectivity index (χ2n) is 3.86. The van der Waals surface area contributed by atoms with Crippen molar-refractivity contribution in [3.05, 3.63) is 45.0 Å². The van der Waals surface area contributed by atoms with Crippen molar-refractivity contribution >= 4 is 10.9 Å². The van der Waals surface area contributed by atoms with Gasteiger partial charge in [-0.2, -0.15) is 13.2 Å². The van der Waals surface area contributed by atoms with Gasteiger partial charge in [-0.15, -0.1) is 0 Å². The minimum absolute atomic E-state index is 0.361. The Balaban J connectivity index is 3.03. The maximum atomic E-state index is 13.4. The molecule has 8 heteroatoms. The molecular formula is C11H5F6NO. The largest absolute Gasteiger partial charge is 0.431 e. The Morgan fingerprint density at radius 2 is 1.68 bits per heavy atom. The molecule has 102 valence electrons. The van der Waals surface area contributed by atoms with Crippen molar-refractivity contribution in [3.8, 4) is 0 Å². The first kappa shape index (κ1) is 13.4. The molecule has 1 heterocycles. The van der Waals surface area contributed by atoms with Gasteiger partial charge in [0.1, 0.15) is 5.69 Å². The van der Waals surface area contributed by atoms with E-state index in [9.17, 15) is 31.1 Å². The minimum atomic E-state index is -4.94. The molecule has 0 saturated heterocycles. The van der Waals surface area contributed by atoms with Gasteiger partial charge in [0.15, 0.2) is 22.9 Å². The van der Waals surface area contributed by atoms with E-state index in [2.05, 4.69) is 0 Å². The third kappa shape index (κ3) is 1.96. The number of aromatic nitrogens is 1. The number of fused-ring (bicyclic) bond motifs is 1. The number of H-pyrrole nitrogens is 1. The normalized spacial score (nSPS) is 12.2. The lowest BCUT2D eigenvalue weighted by molar-refractivity contribution is -0.141. The summed E-state index contributed by atoms with van der Waals surface area (Å²) in [5.74, 6) is -5.45. The van der Waals surface area contributed by atoms with Crippen molar-refractivity contribution in [1.82, 2.24) is 4.98 Å². The van der Waals surface area contributed by atoms with Crippen LogP contribution >= 0.6 is 0 Å². The van der Waals surface area contributed by atoms with E-state index in [1.807, 2.05) is 0 Å². The van der Waals surface area contributed by atoms with Crippen molar-refractivity contribution in [1.29, 1.82) is 0 Å². The molecule has 0 radical (unpaired) electrons. The summed E-state index contributed by atoms with van der Waals surface area (Å²) in [7, 11) is 0. The van der Waals surface area contributed by atoms with Crippen LogP contribution in [-0.4, -0.2) is 4.98 Å². The van der Waals surface area contributed by atoms with Gasteiger partial charge in [-0.05, 0) is 13.0 Å². The fraction of sp³-hybridized carbons (Fsp3) is 0.182. The maximum absolute atomic E-state index is 13.4. The van der Waals surface area contributed by atoms with Crippen LogP contribution in [0.4, 0.5) is 26.3 Å². The number of aromatic amines is 1. The van der Waals surface area contributed by atoms with Crippen LogP contribution in [0.5, 0.6) is 0 Å². The van der Waals surface area contributed by atoms with E-state index >= 15 is 0 Å². The summed E-state index contributed by atoms with van der Waals surface area (Å²) in [4.78, 5) is 13.2. The highest BCUT2D eigenvalue weighted by Crippen LogP contribution is 2.31. The highest BCUT2D eigenvalue weighted by atomic mass is 19.4. The molecule has 0 aliphatic carbocycles. The standard InChI is InChI=1S/C11H5F6NO/c1-3-9(19)4-2-5(12)6(13)7(14)8(4)18-10(3)11(15,16)17/h2H,1H3,(H,18,19). The number of hydrogen-bond donors (Lipinski definition) is 1. The lowest BCUT2D eigenvalue weighted by atomic mass is 10.1. The third-order valence-corrected chi connectivity index (χ3v) is 2.66. The number of hydrogen-bond acceptors (Lipinski definition) is 1. The molecule has 2 aromatic rings. The molecule has 0 saturated carbocycles. The van der Waals surface area contributed by atoms with Gasteiger partial charge < -0.3 is 4.98 Å². The summed E-state index contributed by atoms with van der Waals surface area (Å²) in [5, 5.41) is -0.679. The molecule has 0 bridgehead atoms. The molecule has 19 heavy (non-hydrogen) atoms. The molecule has 0 aliphatic heterocycles. The SMILES string of the molecule is Cc1c(C(F)(F)F)[nH]c2c(F)c(F)c(F)cc2c1=O. The predicted molar refractivity (Wildman–Crippen MR) is 54.2 cm³/mol. The van der Waals surface area contributed by atoms with Crippen LogP contribution < -0.4 is 5.43 Å². The molecule has 0 spiro atoms. The van der Waals surface area contributed by atoms with E-state index in [0.29, 0.717) is 6.07 Å². The number of nitrogens with one attached hydrogen (secondary N) is 1. The quantitative estimate of drug-likeness (QED) is 0.583. The van der Waals surface area contributed by atoms with Crippen molar-refractivity contribution in [2.75, 3.05) is 0 Å². The second-order valence-corrected chi connectivity index (χ2v) is 3.86.